The lowest BCUT2D eigenvalue weighted by Crippen LogP contribution is -2.16. The van der Waals surface area contributed by atoms with E-state index in [1.165, 1.54) is 194 Å². The van der Waals surface area contributed by atoms with Gasteiger partial charge in [-0.3, -0.25) is 0 Å². The Kier molecular flexibility index (Phi) is 26.2. The van der Waals surface area contributed by atoms with E-state index in [0.29, 0.717) is 0 Å². The molecule has 1 aliphatic carbocycles. The summed E-state index contributed by atoms with van der Waals surface area (Å²) in [6, 6.07) is 221. The Bertz CT molecular complexity index is 8820. The minimum atomic E-state index is -0.132. The quantitative estimate of drug-likeness (QED) is 0.0710. The third kappa shape index (κ3) is 19.8. The van der Waals surface area contributed by atoms with Gasteiger partial charge in [-0.05, 0) is 346 Å². The van der Waals surface area contributed by atoms with E-state index in [1.807, 2.05) is 0 Å². The highest BCUT2D eigenvalue weighted by Gasteiger charge is 2.37. The maximum absolute atomic E-state index is 2.42. The third-order valence-electron chi connectivity index (χ3n) is 29.4. The lowest BCUT2D eigenvalue weighted by Gasteiger charge is -2.28. The summed E-state index contributed by atoms with van der Waals surface area (Å²) in [7, 11) is 0. The van der Waals surface area contributed by atoms with Crippen molar-refractivity contribution in [2.45, 2.75) is 19.3 Å². The van der Waals surface area contributed by atoms with Gasteiger partial charge in [0.05, 0.1) is 0 Å². The molecule has 0 radical (unpaired) electrons. The zero-order chi connectivity index (χ0) is 100. The van der Waals surface area contributed by atoms with Gasteiger partial charge in [0.25, 0.3) is 0 Å². The summed E-state index contributed by atoms with van der Waals surface area (Å²) in [5.41, 5.74) is 44.7. The number of benzene rings is 25. The molecular weight excluding hydrogens is 1810 g/mol. The molecule has 0 N–H and O–H groups in total. The first-order chi connectivity index (χ1) is 74.1. The van der Waals surface area contributed by atoms with Crippen molar-refractivity contribution in [3.8, 4) is 145 Å². The van der Waals surface area contributed by atoms with E-state index in [4.69, 9.17) is 0 Å². The molecule has 0 spiro atoms. The Morgan fingerprint density at radius 3 is 0.607 bits per heavy atom. The summed E-state index contributed by atoms with van der Waals surface area (Å²) < 4.78 is 0. The van der Waals surface area contributed by atoms with Gasteiger partial charge >= 0.3 is 0 Å². The molecule has 0 aromatic heterocycles. The molecule has 150 heavy (non-hydrogen) atoms. The van der Waals surface area contributed by atoms with Gasteiger partial charge in [-0.25, -0.2) is 0 Å². The van der Waals surface area contributed by atoms with Crippen LogP contribution in [0.25, 0.3) is 177 Å². The SMILES string of the molecule is CC1(C)c2cc(-c3ccc4ccc(-c5ccccc5)cc4c3)ccc2-c2ccc(N(c3ccccc3)c3ccccc3)cc21.c1ccc(-c2ccc(N(c3ccc(-c4ccccc4)cc3)c3ccc(-c4ccc5ccc(-c6cccc(-c7ccccc7)c6)cc5c4)cc3)cc2)cc1.c1ccc(-c2ccc(N(c3ccc(-c4ccccc4)cc3)c3ccc(-c4ccc5ccc(-c6ccccc6-c6ccccc6)cc5c4)cc3)cc2)cc1. The first-order valence-corrected chi connectivity index (χ1v) is 51.7. The molecule has 0 unspecified atom stereocenters. The second-order valence-corrected chi connectivity index (χ2v) is 39.1. The molecule has 0 bridgehead atoms. The second kappa shape index (κ2) is 42.2. The Labute approximate surface area is 879 Å². The van der Waals surface area contributed by atoms with Crippen molar-refractivity contribution in [3.63, 3.8) is 0 Å². The summed E-state index contributed by atoms with van der Waals surface area (Å²) in [4.78, 5) is 7.03. The van der Waals surface area contributed by atoms with E-state index in [-0.39, 0.29) is 5.41 Å². The fourth-order valence-corrected chi connectivity index (χ4v) is 21.4. The minimum absolute atomic E-state index is 0.132. The van der Waals surface area contributed by atoms with E-state index in [9.17, 15) is 0 Å². The maximum atomic E-state index is 2.42. The number of rotatable bonds is 21. The highest BCUT2D eigenvalue weighted by molar-refractivity contribution is 5.98. The minimum Gasteiger partial charge on any atom is -0.311 e. The second-order valence-electron chi connectivity index (χ2n) is 39.1. The molecule has 26 rings (SSSR count). The molecule has 0 atom stereocenters. The van der Waals surface area contributed by atoms with E-state index in [2.05, 4.69) is 641 Å². The lowest BCUT2D eigenvalue weighted by atomic mass is 9.81. The van der Waals surface area contributed by atoms with Gasteiger partial charge in [-0.15, -0.1) is 0 Å². The number of anilines is 9. The Hall–Kier alpha value is -19.3. The van der Waals surface area contributed by atoms with Crippen LogP contribution in [0.5, 0.6) is 0 Å². The van der Waals surface area contributed by atoms with Crippen LogP contribution in [0.15, 0.2) is 613 Å². The number of para-hydroxylation sites is 2. The van der Waals surface area contributed by atoms with Crippen molar-refractivity contribution >= 4 is 83.5 Å². The van der Waals surface area contributed by atoms with Crippen LogP contribution in [0.4, 0.5) is 51.2 Å². The summed E-state index contributed by atoms with van der Waals surface area (Å²) >= 11 is 0. The third-order valence-corrected chi connectivity index (χ3v) is 29.4. The van der Waals surface area contributed by atoms with Gasteiger partial charge in [0.1, 0.15) is 0 Å². The molecule has 0 amide bonds. The number of fused-ring (bicyclic) bond motifs is 6. The average Bonchev–Trinajstić information content (AvgIpc) is 1.57. The van der Waals surface area contributed by atoms with Crippen LogP contribution in [-0.2, 0) is 5.41 Å². The van der Waals surface area contributed by atoms with Crippen molar-refractivity contribution in [3.05, 3.63) is 624 Å². The van der Waals surface area contributed by atoms with Gasteiger partial charge in [0.2, 0.25) is 0 Å². The zero-order valence-corrected chi connectivity index (χ0v) is 83.7. The molecule has 0 aliphatic heterocycles. The molecule has 25 aromatic carbocycles. The summed E-state index contributed by atoms with van der Waals surface area (Å²) in [6.45, 7) is 4.74. The van der Waals surface area contributed by atoms with Crippen LogP contribution in [0.1, 0.15) is 25.0 Å². The van der Waals surface area contributed by atoms with Crippen molar-refractivity contribution < 1.29 is 0 Å². The number of hydrogen-bond acceptors (Lipinski definition) is 3. The molecule has 710 valence electrons. The van der Waals surface area contributed by atoms with Crippen molar-refractivity contribution in [1.29, 1.82) is 0 Å². The fourth-order valence-electron chi connectivity index (χ4n) is 21.4. The highest BCUT2D eigenvalue weighted by atomic mass is 15.2. The topological polar surface area (TPSA) is 9.72 Å². The number of nitrogens with zero attached hydrogens (tertiary/aromatic N) is 3. The van der Waals surface area contributed by atoms with Gasteiger partial charge in [-0.2, -0.15) is 0 Å². The molecule has 1 aliphatic rings. The molecule has 0 saturated heterocycles. The van der Waals surface area contributed by atoms with E-state index >= 15 is 0 Å². The standard InChI is InChI=1S/2C52H37N.C43H33N/c1-4-12-38(13-5-1)40-24-30-48(31-25-40)53(49-32-26-41(27-33-49)39-14-6-2-7-15-39)50-34-28-42(29-35-50)45-22-20-43-21-23-46(37-47(43)36-45)52-19-11-10-18-51(52)44-16-8-3-9-17-44;1-4-11-38(12-5-1)41-23-29-50(30-24-41)53(51-31-25-42(26-32-51)39-13-6-2-7-14-39)52-33-27-43(28-34-52)47-21-19-44-20-22-48(37-49(44)36-47)46-18-10-17-45(35-46)40-15-8-3-9-16-40;1-43(2)41-28-34(33-21-19-31-18-20-32(26-35(31)27-33)30-12-6-3-7-13-30)22-24-39(41)40-25-23-38(29-42(40)43)44(36-14-8-4-9-15-36)37-16-10-5-11-17-37/h2*1-37H;3-29H,1-2H3. The first-order valence-electron chi connectivity index (χ1n) is 51.7. The summed E-state index contributed by atoms with van der Waals surface area (Å²) in [5, 5.41) is 7.45. The summed E-state index contributed by atoms with van der Waals surface area (Å²) in [6.07, 6.45) is 0. The van der Waals surface area contributed by atoms with Crippen LogP contribution in [0.3, 0.4) is 0 Å². The van der Waals surface area contributed by atoms with E-state index in [1.54, 1.807) is 0 Å². The van der Waals surface area contributed by atoms with Gasteiger partial charge < -0.3 is 14.7 Å². The van der Waals surface area contributed by atoms with Crippen LogP contribution < -0.4 is 14.7 Å². The molecule has 0 heterocycles. The molecule has 0 fully saturated rings. The molecular formula is C147H107N3. The van der Waals surface area contributed by atoms with Crippen LogP contribution in [0.2, 0.25) is 0 Å². The van der Waals surface area contributed by atoms with Crippen LogP contribution >= 0.6 is 0 Å². The van der Waals surface area contributed by atoms with Crippen molar-refractivity contribution in [2.24, 2.45) is 0 Å². The Balaban J connectivity index is 0.000000120. The zero-order valence-electron chi connectivity index (χ0n) is 83.7. The molecule has 25 aromatic rings. The predicted molar refractivity (Wildman–Crippen MR) is 639 cm³/mol. The van der Waals surface area contributed by atoms with E-state index < -0.39 is 0 Å². The lowest BCUT2D eigenvalue weighted by molar-refractivity contribution is 0.660. The fraction of sp³-hybridized carbons (Fsp3) is 0.0204. The molecule has 3 nitrogen and oxygen atoms in total. The average molecular weight is 1920 g/mol. The Morgan fingerprint density at radius 1 is 0.107 bits per heavy atom. The maximum Gasteiger partial charge on any atom is 0.0465 e. The monoisotopic (exact) mass is 1910 g/mol. The van der Waals surface area contributed by atoms with Gasteiger partial charge in [0, 0.05) is 56.6 Å². The molecule has 3 heteroatoms. The molecule has 0 saturated carbocycles. The van der Waals surface area contributed by atoms with Crippen molar-refractivity contribution in [1.82, 2.24) is 0 Å². The summed E-state index contributed by atoms with van der Waals surface area (Å²) in [5.74, 6) is 0. The largest absolute Gasteiger partial charge is 0.311 e. The first kappa shape index (κ1) is 93.1. The van der Waals surface area contributed by atoms with Gasteiger partial charge in [-0.1, -0.05) is 469 Å². The predicted octanol–water partition coefficient (Wildman–Crippen LogP) is 41.2. The van der Waals surface area contributed by atoms with Gasteiger partial charge in [0.15, 0.2) is 0 Å². The van der Waals surface area contributed by atoms with Crippen molar-refractivity contribution in [2.75, 3.05) is 14.7 Å². The smallest absolute Gasteiger partial charge is 0.0465 e. The normalized spacial score (nSPS) is 11.6. The van der Waals surface area contributed by atoms with Crippen LogP contribution in [-0.4, -0.2) is 0 Å². The highest BCUT2D eigenvalue weighted by Crippen LogP contribution is 2.53. The van der Waals surface area contributed by atoms with E-state index in [0.717, 1.165) is 45.5 Å². The Morgan fingerprint density at radius 2 is 0.287 bits per heavy atom. The number of hydrogen-bond donors (Lipinski definition) is 0. The van der Waals surface area contributed by atoms with Crippen LogP contribution in [0, 0.1) is 0 Å².